The maximum absolute atomic E-state index is 12.3. The van der Waals surface area contributed by atoms with Gasteiger partial charge in [0.1, 0.15) is 0 Å². The van der Waals surface area contributed by atoms with Gasteiger partial charge in [-0.2, -0.15) is 5.10 Å². The number of ketones is 1. The topological polar surface area (TPSA) is 34.9 Å². The van der Waals surface area contributed by atoms with Gasteiger partial charge in [0.15, 0.2) is 5.78 Å². The summed E-state index contributed by atoms with van der Waals surface area (Å²) in [6.07, 6.45) is 4.82. The van der Waals surface area contributed by atoms with Crippen LogP contribution in [0.4, 0.5) is 0 Å². The quantitative estimate of drug-likeness (QED) is 0.838. The van der Waals surface area contributed by atoms with E-state index in [1.807, 2.05) is 28.9 Å². The molecule has 0 saturated heterocycles. The Balaban J connectivity index is 1.92. The summed E-state index contributed by atoms with van der Waals surface area (Å²) in [7, 11) is 0. The van der Waals surface area contributed by atoms with E-state index in [-0.39, 0.29) is 5.78 Å². The second-order valence-corrected chi connectivity index (χ2v) is 6.09. The standard InChI is InChI=1S/C16H15ClN2O/c17-11-3-1-4-12(9-11)19-13-5-2-6-14(20)15(13)16(18-19)10-7-8-10/h1,3-4,9-10H,2,5-8H2. The van der Waals surface area contributed by atoms with Crippen LogP contribution in [0.15, 0.2) is 24.3 Å². The average Bonchev–Trinajstić information content (AvgIpc) is 3.20. The summed E-state index contributed by atoms with van der Waals surface area (Å²) in [4.78, 5) is 12.3. The monoisotopic (exact) mass is 286 g/mol. The molecule has 0 unspecified atom stereocenters. The summed E-state index contributed by atoms with van der Waals surface area (Å²) in [5, 5.41) is 5.45. The third kappa shape index (κ3) is 1.88. The molecule has 2 aliphatic carbocycles. The van der Waals surface area contributed by atoms with Gasteiger partial charge in [-0.25, -0.2) is 4.68 Å². The van der Waals surface area contributed by atoms with Gasteiger partial charge in [0.2, 0.25) is 0 Å². The summed E-state index contributed by atoms with van der Waals surface area (Å²) in [6, 6.07) is 7.68. The first kappa shape index (κ1) is 12.2. The lowest BCUT2D eigenvalue weighted by atomic mass is 9.93. The van der Waals surface area contributed by atoms with E-state index in [4.69, 9.17) is 16.7 Å². The fourth-order valence-electron chi connectivity index (χ4n) is 3.01. The molecule has 3 nitrogen and oxygen atoms in total. The molecule has 0 bridgehead atoms. The zero-order valence-electron chi connectivity index (χ0n) is 11.1. The van der Waals surface area contributed by atoms with Crippen molar-refractivity contribution in [2.24, 2.45) is 0 Å². The molecule has 0 radical (unpaired) electrons. The van der Waals surface area contributed by atoms with E-state index in [1.54, 1.807) is 0 Å². The molecule has 4 rings (SSSR count). The summed E-state index contributed by atoms with van der Waals surface area (Å²) in [6.45, 7) is 0. The highest BCUT2D eigenvalue weighted by atomic mass is 35.5. The fourth-order valence-corrected chi connectivity index (χ4v) is 3.20. The van der Waals surface area contributed by atoms with Crippen LogP contribution < -0.4 is 0 Å². The van der Waals surface area contributed by atoms with Gasteiger partial charge in [-0.1, -0.05) is 17.7 Å². The van der Waals surface area contributed by atoms with Crippen LogP contribution in [0.3, 0.4) is 0 Å². The van der Waals surface area contributed by atoms with E-state index in [9.17, 15) is 4.79 Å². The number of carbonyl (C=O) groups excluding carboxylic acids is 1. The van der Waals surface area contributed by atoms with Gasteiger partial charge in [-0.05, 0) is 43.9 Å². The smallest absolute Gasteiger partial charge is 0.166 e. The molecule has 0 aliphatic heterocycles. The van der Waals surface area contributed by atoms with Gasteiger partial charge in [-0.15, -0.1) is 0 Å². The van der Waals surface area contributed by atoms with Crippen molar-refractivity contribution in [2.75, 3.05) is 0 Å². The lowest BCUT2D eigenvalue weighted by Crippen LogP contribution is -2.13. The van der Waals surface area contributed by atoms with Crippen LogP contribution in [0, 0.1) is 0 Å². The second kappa shape index (κ2) is 4.45. The van der Waals surface area contributed by atoms with Gasteiger partial charge >= 0.3 is 0 Å². The summed E-state index contributed by atoms with van der Waals surface area (Å²) >= 11 is 6.08. The van der Waals surface area contributed by atoms with Gasteiger partial charge in [0.25, 0.3) is 0 Å². The third-order valence-corrected chi connectivity index (χ3v) is 4.36. The molecule has 102 valence electrons. The lowest BCUT2D eigenvalue weighted by molar-refractivity contribution is 0.0971. The molecule has 1 fully saturated rings. The number of hydrogen-bond acceptors (Lipinski definition) is 2. The minimum Gasteiger partial charge on any atom is -0.294 e. The average molecular weight is 287 g/mol. The van der Waals surface area contributed by atoms with Crippen LogP contribution in [0.1, 0.15) is 53.3 Å². The highest BCUT2D eigenvalue weighted by Gasteiger charge is 2.35. The minimum atomic E-state index is 0.265. The first-order chi connectivity index (χ1) is 9.74. The van der Waals surface area contributed by atoms with Crippen molar-refractivity contribution >= 4 is 17.4 Å². The van der Waals surface area contributed by atoms with Crippen LogP contribution in [-0.2, 0) is 6.42 Å². The first-order valence-corrected chi connectivity index (χ1v) is 7.53. The Labute approximate surface area is 122 Å². The van der Waals surface area contributed by atoms with Crippen molar-refractivity contribution in [3.05, 3.63) is 46.2 Å². The van der Waals surface area contributed by atoms with Gasteiger partial charge in [-0.3, -0.25) is 4.79 Å². The number of nitrogens with zero attached hydrogens (tertiary/aromatic N) is 2. The number of benzene rings is 1. The van der Waals surface area contributed by atoms with Crippen LogP contribution in [0.25, 0.3) is 5.69 Å². The largest absolute Gasteiger partial charge is 0.294 e. The lowest BCUT2D eigenvalue weighted by Gasteiger charge is -2.13. The van der Waals surface area contributed by atoms with E-state index < -0.39 is 0 Å². The number of Topliss-reactive ketones (excluding diaryl/α,β-unsaturated/α-hetero) is 1. The third-order valence-electron chi connectivity index (χ3n) is 4.12. The number of carbonyl (C=O) groups is 1. The van der Waals surface area contributed by atoms with E-state index in [1.165, 1.54) is 0 Å². The fraction of sp³-hybridized carbons (Fsp3) is 0.375. The van der Waals surface area contributed by atoms with Crippen LogP contribution in [0.2, 0.25) is 5.02 Å². The Kier molecular flexibility index (Phi) is 2.71. The second-order valence-electron chi connectivity index (χ2n) is 5.65. The van der Waals surface area contributed by atoms with Crippen LogP contribution >= 0.6 is 11.6 Å². The molecule has 0 atom stereocenters. The van der Waals surface area contributed by atoms with Crippen molar-refractivity contribution in [1.82, 2.24) is 9.78 Å². The molecule has 1 aromatic carbocycles. The van der Waals surface area contributed by atoms with Crippen molar-refractivity contribution in [1.29, 1.82) is 0 Å². The molecule has 0 spiro atoms. The molecule has 2 aromatic rings. The maximum atomic E-state index is 12.3. The SMILES string of the molecule is O=C1CCCc2c1c(C1CC1)nn2-c1cccc(Cl)c1. The summed E-state index contributed by atoms with van der Waals surface area (Å²) in [5.41, 5.74) is 3.95. The van der Waals surface area contributed by atoms with Crippen molar-refractivity contribution in [3.8, 4) is 5.69 Å². The number of aromatic nitrogens is 2. The molecule has 1 heterocycles. The normalized spacial score (nSPS) is 18.1. The Morgan fingerprint density at radius 2 is 2.10 bits per heavy atom. The van der Waals surface area contributed by atoms with Gasteiger partial charge in [0.05, 0.1) is 22.6 Å². The Morgan fingerprint density at radius 3 is 2.85 bits per heavy atom. The van der Waals surface area contributed by atoms with E-state index in [0.717, 1.165) is 48.3 Å². The zero-order chi connectivity index (χ0) is 13.7. The zero-order valence-corrected chi connectivity index (χ0v) is 11.9. The van der Waals surface area contributed by atoms with Crippen molar-refractivity contribution in [2.45, 2.75) is 38.0 Å². The predicted molar refractivity (Wildman–Crippen MR) is 77.8 cm³/mol. The highest BCUT2D eigenvalue weighted by molar-refractivity contribution is 6.30. The van der Waals surface area contributed by atoms with Crippen molar-refractivity contribution in [3.63, 3.8) is 0 Å². The minimum absolute atomic E-state index is 0.265. The molecule has 0 amide bonds. The number of halogens is 1. The van der Waals surface area contributed by atoms with Crippen molar-refractivity contribution < 1.29 is 4.79 Å². The molecule has 1 saturated carbocycles. The first-order valence-electron chi connectivity index (χ1n) is 7.15. The Hall–Kier alpha value is -1.61. The Morgan fingerprint density at radius 1 is 1.25 bits per heavy atom. The maximum Gasteiger partial charge on any atom is 0.166 e. The van der Waals surface area contributed by atoms with E-state index in [0.29, 0.717) is 17.4 Å². The molecular weight excluding hydrogens is 272 g/mol. The summed E-state index contributed by atoms with van der Waals surface area (Å²) < 4.78 is 1.94. The van der Waals surface area contributed by atoms with Gasteiger partial charge in [0, 0.05) is 17.4 Å². The molecule has 20 heavy (non-hydrogen) atoms. The predicted octanol–water partition coefficient (Wildman–Crippen LogP) is 3.92. The van der Waals surface area contributed by atoms with E-state index >= 15 is 0 Å². The van der Waals surface area contributed by atoms with E-state index in [2.05, 4.69) is 0 Å². The molecule has 4 heteroatoms. The number of fused-ring (bicyclic) bond motifs is 1. The number of hydrogen-bond donors (Lipinski definition) is 0. The molecule has 2 aliphatic rings. The number of rotatable bonds is 2. The molecule has 0 N–H and O–H groups in total. The summed E-state index contributed by atoms with van der Waals surface area (Å²) in [5.74, 6) is 0.757. The van der Waals surface area contributed by atoms with Crippen LogP contribution in [0.5, 0.6) is 0 Å². The van der Waals surface area contributed by atoms with Gasteiger partial charge < -0.3 is 0 Å². The molecular formula is C16H15ClN2O. The Bertz CT molecular complexity index is 700. The molecule has 1 aromatic heterocycles. The van der Waals surface area contributed by atoms with Crippen LogP contribution in [-0.4, -0.2) is 15.6 Å². The highest BCUT2D eigenvalue weighted by Crippen LogP contribution is 2.43.